The van der Waals surface area contributed by atoms with Crippen molar-refractivity contribution in [2.45, 2.75) is 11.8 Å². The maximum Gasteiger partial charge on any atom is 0.256 e. The minimum absolute atomic E-state index is 0.165. The maximum absolute atomic E-state index is 12.1. The number of hydrogen-bond acceptors (Lipinski definition) is 1. The fourth-order valence-corrected chi connectivity index (χ4v) is 2.35. The SMILES string of the molecule is CC(Br)CN(C)C(=O)c1c(Cl)cccc1Cl. The molecule has 0 aliphatic rings. The highest BCUT2D eigenvalue weighted by Gasteiger charge is 2.19. The number of carbonyl (C=O) groups excluding carboxylic acids is 1. The Hall–Kier alpha value is -0.250. The van der Waals surface area contributed by atoms with E-state index in [1.807, 2.05) is 6.92 Å². The van der Waals surface area contributed by atoms with E-state index in [1.165, 1.54) is 0 Å². The fourth-order valence-electron chi connectivity index (χ4n) is 1.35. The van der Waals surface area contributed by atoms with Gasteiger partial charge < -0.3 is 4.90 Å². The first-order valence-corrected chi connectivity index (χ1v) is 6.44. The predicted octanol–water partition coefficient (Wildman–Crippen LogP) is 3.85. The molecule has 5 heteroatoms. The summed E-state index contributed by atoms with van der Waals surface area (Å²) in [4.78, 5) is 13.9. The Morgan fingerprint density at radius 2 is 1.94 bits per heavy atom. The molecule has 0 saturated carbocycles. The predicted molar refractivity (Wildman–Crippen MR) is 71.8 cm³/mol. The van der Waals surface area contributed by atoms with Crippen LogP contribution in [0, 0.1) is 0 Å². The number of benzene rings is 1. The first kappa shape index (κ1) is 13.8. The zero-order valence-corrected chi connectivity index (χ0v) is 12.1. The summed E-state index contributed by atoms with van der Waals surface area (Å²) in [5.41, 5.74) is 0.362. The summed E-state index contributed by atoms with van der Waals surface area (Å²) in [5, 5.41) is 0.762. The van der Waals surface area contributed by atoms with Gasteiger partial charge in [0, 0.05) is 18.4 Å². The Bertz CT molecular complexity index is 375. The van der Waals surface area contributed by atoms with Gasteiger partial charge in [-0.1, -0.05) is 52.1 Å². The van der Waals surface area contributed by atoms with Crippen LogP contribution in [0.25, 0.3) is 0 Å². The average molecular weight is 325 g/mol. The number of halogens is 3. The molecule has 0 aliphatic heterocycles. The number of nitrogens with zero attached hydrogens (tertiary/aromatic N) is 1. The molecule has 1 atom stereocenters. The van der Waals surface area contributed by atoms with Gasteiger partial charge in [-0.3, -0.25) is 4.79 Å². The van der Waals surface area contributed by atoms with E-state index < -0.39 is 0 Å². The third kappa shape index (κ3) is 3.37. The summed E-state index contributed by atoms with van der Waals surface area (Å²) in [6.07, 6.45) is 0. The standard InChI is InChI=1S/C11H12BrCl2NO/c1-7(12)6-15(2)11(16)10-8(13)4-3-5-9(10)14/h3-5,7H,6H2,1-2H3. The number of hydrogen-bond donors (Lipinski definition) is 0. The van der Waals surface area contributed by atoms with Crippen molar-refractivity contribution in [2.75, 3.05) is 13.6 Å². The van der Waals surface area contributed by atoms with E-state index in [-0.39, 0.29) is 10.7 Å². The van der Waals surface area contributed by atoms with E-state index >= 15 is 0 Å². The Labute approximate surface area is 114 Å². The van der Waals surface area contributed by atoms with E-state index in [1.54, 1.807) is 30.1 Å². The highest BCUT2D eigenvalue weighted by atomic mass is 79.9. The number of amides is 1. The summed E-state index contributed by atoms with van der Waals surface area (Å²) < 4.78 is 0. The zero-order chi connectivity index (χ0) is 12.3. The summed E-state index contributed by atoms with van der Waals surface area (Å²) >= 11 is 15.3. The first-order chi connectivity index (χ1) is 7.43. The number of carbonyl (C=O) groups is 1. The number of rotatable bonds is 3. The zero-order valence-electron chi connectivity index (χ0n) is 9.01. The van der Waals surface area contributed by atoms with Crippen molar-refractivity contribution in [3.8, 4) is 0 Å². The lowest BCUT2D eigenvalue weighted by Crippen LogP contribution is -2.31. The molecule has 0 spiro atoms. The van der Waals surface area contributed by atoms with E-state index in [2.05, 4.69) is 15.9 Å². The lowest BCUT2D eigenvalue weighted by Gasteiger charge is -2.19. The van der Waals surface area contributed by atoms with Gasteiger partial charge in [0.25, 0.3) is 5.91 Å². The van der Waals surface area contributed by atoms with Crippen molar-refractivity contribution in [2.24, 2.45) is 0 Å². The molecular formula is C11H12BrCl2NO. The largest absolute Gasteiger partial charge is 0.341 e. The van der Waals surface area contributed by atoms with Crippen molar-refractivity contribution in [1.82, 2.24) is 4.90 Å². The molecule has 1 amide bonds. The van der Waals surface area contributed by atoms with Crippen LogP contribution in [-0.4, -0.2) is 29.2 Å². The van der Waals surface area contributed by atoms with Crippen LogP contribution in [0.3, 0.4) is 0 Å². The molecule has 0 N–H and O–H groups in total. The highest BCUT2D eigenvalue weighted by molar-refractivity contribution is 9.09. The Kier molecular flexibility index (Phi) is 5.09. The van der Waals surface area contributed by atoms with Crippen molar-refractivity contribution in [1.29, 1.82) is 0 Å². The molecule has 2 nitrogen and oxygen atoms in total. The lowest BCUT2D eigenvalue weighted by molar-refractivity contribution is 0.0798. The third-order valence-electron chi connectivity index (χ3n) is 2.05. The van der Waals surface area contributed by atoms with E-state index in [4.69, 9.17) is 23.2 Å². The normalized spacial score (nSPS) is 12.3. The highest BCUT2D eigenvalue weighted by Crippen LogP contribution is 2.25. The van der Waals surface area contributed by atoms with Crippen molar-refractivity contribution in [3.63, 3.8) is 0 Å². The second-order valence-electron chi connectivity index (χ2n) is 3.56. The molecule has 1 unspecified atom stereocenters. The summed E-state index contributed by atoms with van der Waals surface area (Å²) in [7, 11) is 1.72. The van der Waals surface area contributed by atoms with Crippen LogP contribution in [0.1, 0.15) is 17.3 Å². The molecule has 0 heterocycles. The molecule has 0 aromatic heterocycles. The van der Waals surface area contributed by atoms with Gasteiger partial charge in [-0.15, -0.1) is 0 Å². The van der Waals surface area contributed by atoms with Gasteiger partial charge >= 0.3 is 0 Å². The van der Waals surface area contributed by atoms with Crippen molar-refractivity contribution in [3.05, 3.63) is 33.8 Å². The van der Waals surface area contributed by atoms with Crippen LogP contribution in [0.2, 0.25) is 10.0 Å². The minimum Gasteiger partial charge on any atom is -0.341 e. The molecular weight excluding hydrogens is 313 g/mol. The molecule has 1 aromatic carbocycles. The lowest BCUT2D eigenvalue weighted by atomic mass is 10.2. The Morgan fingerprint density at radius 1 is 1.44 bits per heavy atom. The summed E-state index contributed by atoms with van der Waals surface area (Å²) in [6, 6.07) is 5.03. The molecule has 1 rings (SSSR count). The van der Waals surface area contributed by atoms with Gasteiger partial charge in [-0.2, -0.15) is 0 Å². The molecule has 0 bridgehead atoms. The summed E-state index contributed by atoms with van der Waals surface area (Å²) in [6.45, 7) is 2.57. The topological polar surface area (TPSA) is 20.3 Å². The molecule has 88 valence electrons. The van der Waals surface area contributed by atoms with Crippen molar-refractivity contribution >= 4 is 45.0 Å². The smallest absolute Gasteiger partial charge is 0.256 e. The van der Waals surface area contributed by atoms with Crippen molar-refractivity contribution < 1.29 is 4.79 Å². The average Bonchev–Trinajstić information content (AvgIpc) is 2.16. The molecule has 0 radical (unpaired) electrons. The molecule has 0 aliphatic carbocycles. The van der Waals surface area contributed by atoms with Gasteiger partial charge in [-0.05, 0) is 12.1 Å². The van der Waals surface area contributed by atoms with Crippen LogP contribution >= 0.6 is 39.1 Å². The Balaban J connectivity index is 2.96. The van der Waals surface area contributed by atoms with Gasteiger partial charge in [0.1, 0.15) is 0 Å². The maximum atomic E-state index is 12.1. The quantitative estimate of drug-likeness (QED) is 0.773. The summed E-state index contributed by atoms with van der Waals surface area (Å²) in [5.74, 6) is -0.165. The van der Waals surface area contributed by atoms with Crippen LogP contribution in [-0.2, 0) is 0 Å². The van der Waals surface area contributed by atoms with Gasteiger partial charge in [-0.25, -0.2) is 0 Å². The second kappa shape index (κ2) is 5.89. The van der Waals surface area contributed by atoms with Crippen LogP contribution in [0.15, 0.2) is 18.2 Å². The monoisotopic (exact) mass is 323 g/mol. The van der Waals surface area contributed by atoms with Gasteiger partial charge in [0.2, 0.25) is 0 Å². The number of alkyl halides is 1. The van der Waals surface area contributed by atoms with Crippen LogP contribution in [0.4, 0.5) is 0 Å². The van der Waals surface area contributed by atoms with Gasteiger partial charge in [0.05, 0.1) is 15.6 Å². The molecule has 0 saturated heterocycles. The van der Waals surface area contributed by atoms with Crippen LogP contribution in [0.5, 0.6) is 0 Å². The molecule has 0 fully saturated rings. The Morgan fingerprint density at radius 3 is 2.38 bits per heavy atom. The molecule has 1 aromatic rings. The third-order valence-corrected chi connectivity index (χ3v) is 2.97. The van der Waals surface area contributed by atoms with E-state index in [9.17, 15) is 4.79 Å². The second-order valence-corrected chi connectivity index (χ2v) is 5.94. The first-order valence-electron chi connectivity index (χ1n) is 4.77. The van der Waals surface area contributed by atoms with Crippen LogP contribution < -0.4 is 0 Å². The van der Waals surface area contributed by atoms with E-state index in [0.717, 1.165) is 0 Å². The minimum atomic E-state index is -0.165. The van der Waals surface area contributed by atoms with Gasteiger partial charge in [0.15, 0.2) is 0 Å². The molecule has 16 heavy (non-hydrogen) atoms. The fraction of sp³-hybridized carbons (Fsp3) is 0.364. The van der Waals surface area contributed by atoms with E-state index in [0.29, 0.717) is 22.2 Å².